The summed E-state index contributed by atoms with van der Waals surface area (Å²) < 4.78 is 0. The Bertz CT molecular complexity index is 422. The van der Waals surface area contributed by atoms with Crippen LogP contribution in [0, 0.1) is 0 Å². The lowest BCUT2D eigenvalue weighted by Gasteiger charge is -1.95. The van der Waals surface area contributed by atoms with Crippen molar-refractivity contribution in [3.05, 3.63) is 47.8 Å². The zero-order valence-corrected chi connectivity index (χ0v) is 7.47. The van der Waals surface area contributed by atoms with Gasteiger partial charge in [-0.1, -0.05) is 6.07 Å². The van der Waals surface area contributed by atoms with Crippen molar-refractivity contribution < 1.29 is 4.79 Å². The van der Waals surface area contributed by atoms with Crippen molar-refractivity contribution in [1.29, 1.82) is 0 Å². The highest BCUT2D eigenvalue weighted by molar-refractivity contribution is 5.68. The van der Waals surface area contributed by atoms with Crippen molar-refractivity contribution in [3.63, 3.8) is 0 Å². The molecule has 2 aromatic heterocycles. The van der Waals surface area contributed by atoms with E-state index in [-0.39, 0.29) is 0 Å². The van der Waals surface area contributed by atoms with Crippen LogP contribution in [0.5, 0.6) is 0 Å². The second-order valence-corrected chi connectivity index (χ2v) is 2.91. The maximum atomic E-state index is 10.4. The first kappa shape index (κ1) is 8.62. The van der Waals surface area contributed by atoms with Crippen molar-refractivity contribution in [2.45, 2.75) is 6.42 Å². The molecule has 4 nitrogen and oxygen atoms in total. The van der Waals surface area contributed by atoms with E-state index in [1.807, 2.05) is 18.2 Å². The molecule has 0 fully saturated rings. The number of imidazole rings is 1. The molecule has 0 radical (unpaired) electrons. The van der Waals surface area contributed by atoms with Crippen LogP contribution in [0.3, 0.4) is 0 Å². The van der Waals surface area contributed by atoms with Gasteiger partial charge in [-0.3, -0.25) is 9.78 Å². The Morgan fingerprint density at radius 3 is 2.93 bits per heavy atom. The molecular formula is C10H9N3O. The average Bonchev–Trinajstić information content (AvgIpc) is 2.67. The molecule has 4 heteroatoms. The second kappa shape index (κ2) is 3.83. The number of aldehydes is 1. The predicted molar refractivity (Wildman–Crippen MR) is 51.0 cm³/mol. The number of aromatic nitrogens is 3. The number of carbonyl (C=O) groups excluding carboxylic acids is 1. The van der Waals surface area contributed by atoms with Crippen LogP contribution in [0.2, 0.25) is 0 Å². The number of aromatic amines is 1. The number of hydrogen-bond donors (Lipinski definition) is 1. The van der Waals surface area contributed by atoms with Crippen molar-refractivity contribution in [2.24, 2.45) is 0 Å². The van der Waals surface area contributed by atoms with Crippen LogP contribution in [0.1, 0.15) is 22.0 Å². The Kier molecular flexibility index (Phi) is 2.36. The summed E-state index contributed by atoms with van der Waals surface area (Å²) in [7, 11) is 0. The standard InChI is InChI=1S/C10H9N3O/c14-7-10-12-6-9(13-10)5-8-3-1-2-4-11-8/h1-4,6-7H,5H2,(H,12,13). The van der Waals surface area contributed by atoms with Crippen LogP contribution in [-0.2, 0) is 6.42 Å². The maximum Gasteiger partial charge on any atom is 0.185 e. The van der Waals surface area contributed by atoms with Gasteiger partial charge in [0, 0.05) is 30.2 Å². The summed E-state index contributed by atoms with van der Waals surface area (Å²) in [5.74, 6) is 0.357. The highest BCUT2D eigenvalue weighted by Gasteiger charge is 2.00. The van der Waals surface area contributed by atoms with E-state index in [9.17, 15) is 4.79 Å². The summed E-state index contributed by atoms with van der Waals surface area (Å²) in [6.07, 6.45) is 4.76. The highest BCUT2D eigenvalue weighted by atomic mass is 16.1. The molecule has 2 aromatic rings. The quantitative estimate of drug-likeness (QED) is 0.734. The van der Waals surface area contributed by atoms with Gasteiger partial charge in [0.2, 0.25) is 0 Å². The zero-order chi connectivity index (χ0) is 9.80. The van der Waals surface area contributed by atoms with E-state index in [1.54, 1.807) is 12.4 Å². The van der Waals surface area contributed by atoms with Gasteiger partial charge >= 0.3 is 0 Å². The fraction of sp³-hybridized carbons (Fsp3) is 0.100. The minimum atomic E-state index is 0.357. The Morgan fingerprint density at radius 2 is 2.29 bits per heavy atom. The molecule has 0 unspecified atom stereocenters. The smallest absolute Gasteiger partial charge is 0.185 e. The van der Waals surface area contributed by atoms with Gasteiger partial charge in [0.15, 0.2) is 12.1 Å². The number of hydrogen-bond acceptors (Lipinski definition) is 3. The molecule has 0 aliphatic rings. The first-order valence-corrected chi connectivity index (χ1v) is 4.27. The summed E-state index contributed by atoms with van der Waals surface area (Å²) in [6.45, 7) is 0. The van der Waals surface area contributed by atoms with Gasteiger partial charge in [-0.05, 0) is 12.1 Å². The third-order valence-corrected chi connectivity index (χ3v) is 1.86. The molecule has 0 aliphatic heterocycles. The van der Waals surface area contributed by atoms with Crippen LogP contribution in [0.25, 0.3) is 0 Å². The summed E-state index contributed by atoms with van der Waals surface area (Å²) in [5, 5.41) is 0. The Morgan fingerprint density at radius 1 is 1.36 bits per heavy atom. The van der Waals surface area contributed by atoms with Crippen LogP contribution in [-0.4, -0.2) is 21.2 Å². The number of pyridine rings is 1. The normalized spacial score (nSPS) is 10.0. The minimum Gasteiger partial charge on any atom is -0.339 e. The van der Waals surface area contributed by atoms with E-state index in [4.69, 9.17) is 0 Å². The van der Waals surface area contributed by atoms with Crippen molar-refractivity contribution in [3.8, 4) is 0 Å². The Labute approximate surface area is 81.0 Å². The number of H-pyrrole nitrogens is 1. The number of nitrogens with one attached hydrogen (secondary N) is 1. The van der Waals surface area contributed by atoms with Gasteiger partial charge in [0.05, 0.1) is 0 Å². The summed E-state index contributed by atoms with van der Waals surface area (Å²) >= 11 is 0. The van der Waals surface area contributed by atoms with Gasteiger partial charge in [-0.15, -0.1) is 0 Å². The van der Waals surface area contributed by atoms with Crippen LogP contribution >= 0.6 is 0 Å². The summed E-state index contributed by atoms with van der Waals surface area (Å²) in [4.78, 5) is 21.3. The predicted octanol–water partition coefficient (Wildman–Crippen LogP) is 1.21. The number of carbonyl (C=O) groups is 1. The van der Waals surface area contributed by atoms with Gasteiger partial charge in [0.25, 0.3) is 0 Å². The molecule has 14 heavy (non-hydrogen) atoms. The zero-order valence-electron chi connectivity index (χ0n) is 7.47. The molecule has 0 aromatic carbocycles. The van der Waals surface area contributed by atoms with Crippen LogP contribution < -0.4 is 0 Å². The van der Waals surface area contributed by atoms with Crippen LogP contribution in [0.15, 0.2) is 30.6 Å². The summed E-state index contributed by atoms with van der Waals surface area (Å²) in [5.41, 5.74) is 1.85. The molecule has 2 heterocycles. The number of rotatable bonds is 3. The molecule has 0 spiro atoms. The average molecular weight is 187 g/mol. The minimum absolute atomic E-state index is 0.357. The van der Waals surface area contributed by atoms with Crippen molar-refractivity contribution >= 4 is 6.29 Å². The molecule has 0 atom stereocenters. The molecule has 70 valence electrons. The van der Waals surface area contributed by atoms with E-state index in [0.29, 0.717) is 18.5 Å². The van der Waals surface area contributed by atoms with E-state index < -0.39 is 0 Å². The van der Waals surface area contributed by atoms with Gasteiger partial charge < -0.3 is 4.98 Å². The van der Waals surface area contributed by atoms with Gasteiger partial charge in [0.1, 0.15) is 0 Å². The molecule has 0 amide bonds. The maximum absolute atomic E-state index is 10.4. The first-order valence-electron chi connectivity index (χ1n) is 4.27. The topological polar surface area (TPSA) is 58.6 Å². The SMILES string of the molecule is O=Cc1ncc(Cc2ccccn2)[nH]1. The van der Waals surface area contributed by atoms with Gasteiger partial charge in [-0.25, -0.2) is 4.98 Å². The van der Waals surface area contributed by atoms with Crippen molar-refractivity contribution in [2.75, 3.05) is 0 Å². The lowest BCUT2D eigenvalue weighted by molar-refractivity contribution is 0.111. The molecule has 1 N–H and O–H groups in total. The summed E-state index contributed by atoms with van der Waals surface area (Å²) in [6, 6.07) is 5.73. The molecule has 2 rings (SSSR count). The number of nitrogens with zero attached hydrogens (tertiary/aromatic N) is 2. The monoisotopic (exact) mass is 187 g/mol. The highest BCUT2D eigenvalue weighted by Crippen LogP contribution is 2.03. The van der Waals surface area contributed by atoms with E-state index >= 15 is 0 Å². The van der Waals surface area contributed by atoms with E-state index in [1.165, 1.54) is 0 Å². The third-order valence-electron chi connectivity index (χ3n) is 1.86. The second-order valence-electron chi connectivity index (χ2n) is 2.91. The molecular weight excluding hydrogens is 178 g/mol. The molecule has 0 saturated carbocycles. The molecule has 0 aliphatic carbocycles. The lowest BCUT2D eigenvalue weighted by Crippen LogP contribution is -1.91. The molecule has 0 bridgehead atoms. The van der Waals surface area contributed by atoms with Crippen LogP contribution in [0.4, 0.5) is 0 Å². The molecule has 0 saturated heterocycles. The van der Waals surface area contributed by atoms with Crippen molar-refractivity contribution in [1.82, 2.24) is 15.0 Å². The lowest BCUT2D eigenvalue weighted by atomic mass is 10.2. The van der Waals surface area contributed by atoms with E-state index in [2.05, 4.69) is 15.0 Å². The fourth-order valence-corrected chi connectivity index (χ4v) is 1.22. The largest absolute Gasteiger partial charge is 0.339 e. The van der Waals surface area contributed by atoms with E-state index in [0.717, 1.165) is 11.4 Å². The Balaban J connectivity index is 2.15. The fourth-order valence-electron chi connectivity index (χ4n) is 1.22. The van der Waals surface area contributed by atoms with Gasteiger partial charge in [-0.2, -0.15) is 0 Å². The Hall–Kier alpha value is -1.97. The third kappa shape index (κ3) is 1.85. The first-order chi connectivity index (χ1) is 6.88.